The smallest absolute Gasteiger partial charge is 0.390 e. The molecule has 0 aliphatic heterocycles. The number of aldehydes is 1. The topological polar surface area (TPSA) is 77.2 Å². The number of hydrogen-bond donors (Lipinski definition) is 1. The number of aromatic nitrogens is 3. The second-order valence-electron chi connectivity index (χ2n) is 6.99. The zero-order chi connectivity index (χ0) is 20.1. The summed E-state index contributed by atoms with van der Waals surface area (Å²) in [7, 11) is 0. The number of carbonyl (C=O) groups excluding carboxylic acids is 1. The molecule has 3 rings (SSSR count). The molecule has 0 aromatic carbocycles. The Morgan fingerprint density at radius 2 is 2.07 bits per heavy atom. The molecule has 1 N–H and O–H groups in total. The van der Waals surface area contributed by atoms with Gasteiger partial charge < -0.3 is 9.84 Å². The Bertz CT molecular complexity index is 807. The average Bonchev–Trinajstić information content (AvgIpc) is 3.13. The highest BCUT2D eigenvalue weighted by Gasteiger charge is 2.32. The largest absolute Gasteiger partial charge is 0.505 e. The lowest BCUT2D eigenvalue weighted by molar-refractivity contribution is -0.137. The van der Waals surface area contributed by atoms with E-state index in [0.717, 1.165) is 31.4 Å². The fraction of sp³-hybridized carbons (Fsp3) is 0.526. The van der Waals surface area contributed by atoms with Crippen LogP contribution in [-0.4, -0.2) is 38.9 Å². The third kappa shape index (κ3) is 4.82. The van der Waals surface area contributed by atoms with Crippen molar-refractivity contribution in [1.29, 1.82) is 0 Å². The molecule has 2 aromatic rings. The summed E-state index contributed by atoms with van der Waals surface area (Å²) in [4.78, 5) is 15.0. The van der Waals surface area contributed by atoms with Crippen LogP contribution in [-0.2, 0) is 6.54 Å². The van der Waals surface area contributed by atoms with Crippen LogP contribution >= 0.6 is 0 Å². The highest BCUT2D eigenvalue weighted by atomic mass is 19.4. The van der Waals surface area contributed by atoms with Gasteiger partial charge in [-0.2, -0.15) is 18.3 Å². The molecule has 28 heavy (non-hydrogen) atoms. The third-order valence-electron chi connectivity index (χ3n) is 5.15. The highest BCUT2D eigenvalue weighted by molar-refractivity contribution is 5.82. The normalized spacial score (nSPS) is 20.1. The number of rotatable bonds is 7. The fourth-order valence-corrected chi connectivity index (χ4v) is 3.75. The zero-order valence-corrected chi connectivity index (χ0v) is 15.2. The average molecular weight is 397 g/mol. The number of pyridine rings is 1. The molecular formula is C19H22F3N3O3. The van der Waals surface area contributed by atoms with Gasteiger partial charge in [-0.25, -0.2) is 0 Å². The molecule has 0 bridgehead atoms. The summed E-state index contributed by atoms with van der Waals surface area (Å²) in [5.41, 5.74) is 0.819. The van der Waals surface area contributed by atoms with Crippen molar-refractivity contribution in [3.05, 3.63) is 35.9 Å². The van der Waals surface area contributed by atoms with Crippen LogP contribution in [0.15, 0.2) is 24.7 Å². The van der Waals surface area contributed by atoms with Crippen LogP contribution < -0.4 is 4.74 Å². The van der Waals surface area contributed by atoms with E-state index >= 15 is 0 Å². The van der Waals surface area contributed by atoms with Crippen molar-refractivity contribution in [3.63, 3.8) is 0 Å². The van der Waals surface area contributed by atoms with E-state index in [1.807, 2.05) is 0 Å². The molecule has 2 heterocycles. The van der Waals surface area contributed by atoms with Gasteiger partial charge in [-0.3, -0.25) is 14.5 Å². The maximum absolute atomic E-state index is 12.6. The van der Waals surface area contributed by atoms with E-state index in [0.29, 0.717) is 6.29 Å². The van der Waals surface area contributed by atoms with Crippen molar-refractivity contribution < 1.29 is 27.8 Å². The molecule has 1 aliphatic carbocycles. The molecule has 1 saturated carbocycles. The monoisotopic (exact) mass is 397 g/mol. The molecule has 1 fully saturated rings. The van der Waals surface area contributed by atoms with Crippen LogP contribution in [0.3, 0.4) is 0 Å². The van der Waals surface area contributed by atoms with E-state index in [2.05, 4.69) is 10.1 Å². The van der Waals surface area contributed by atoms with E-state index in [4.69, 9.17) is 4.74 Å². The Labute approximate surface area is 160 Å². The first-order valence-electron chi connectivity index (χ1n) is 9.22. The molecule has 2 atom stereocenters. The van der Waals surface area contributed by atoms with Gasteiger partial charge in [0, 0.05) is 30.3 Å². The van der Waals surface area contributed by atoms with Gasteiger partial charge in [0.05, 0.1) is 25.4 Å². The number of alkyl halides is 3. The molecule has 9 heteroatoms. The summed E-state index contributed by atoms with van der Waals surface area (Å²) in [6.45, 7) is 0.0722. The Hall–Kier alpha value is -2.58. The second kappa shape index (κ2) is 8.62. The van der Waals surface area contributed by atoms with Crippen molar-refractivity contribution in [1.82, 2.24) is 14.8 Å². The van der Waals surface area contributed by atoms with Gasteiger partial charge >= 0.3 is 6.18 Å². The number of aryl methyl sites for hydroxylation is 1. The van der Waals surface area contributed by atoms with Crippen LogP contribution in [0.25, 0.3) is 0 Å². The van der Waals surface area contributed by atoms with Gasteiger partial charge in [0.1, 0.15) is 11.3 Å². The maximum Gasteiger partial charge on any atom is 0.390 e. The van der Waals surface area contributed by atoms with Gasteiger partial charge in [0.15, 0.2) is 12.0 Å². The predicted molar refractivity (Wildman–Crippen MR) is 94.4 cm³/mol. The van der Waals surface area contributed by atoms with Crippen LogP contribution in [0.4, 0.5) is 13.2 Å². The molecular weight excluding hydrogens is 375 g/mol. The maximum atomic E-state index is 12.6. The fourth-order valence-electron chi connectivity index (χ4n) is 3.75. The molecule has 0 saturated heterocycles. The van der Waals surface area contributed by atoms with Crippen LogP contribution in [0.5, 0.6) is 11.5 Å². The van der Waals surface area contributed by atoms with Crippen molar-refractivity contribution in [2.45, 2.75) is 50.7 Å². The van der Waals surface area contributed by atoms with Gasteiger partial charge in [-0.1, -0.05) is 12.8 Å². The SMILES string of the molecule is O=Cc1c(O)cncc1OCC1CCCCC1c1ccnn1CCC(F)(F)F. The van der Waals surface area contributed by atoms with Crippen LogP contribution in [0, 0.1) is 5.92 Å². The van der Waals surface area contributed by atoms with Gasteiger partial charge in [-0.05, 0) is 18.9 Å². The summed E-state index contributed by atoms with van der Waals surface area (Å²) in [5.74, 6) is 0.0363. The highest BCUT2D eigenvalue weighted by Crippen LogP contribution is 2.38. The summed E-state index contributed by atoms with van der Waals surface area (Å²) in [6.07, 6.45) is 3.10. The van der Waals surface area contributed by atoms with E-state index in [1.54, 1.807) is 6.07 Å². The number of hydrogen-bond acceptors (Lipinski definition) is 5. The standard InChI is InChI=1S/C19H22F3N3O3/c20-19(21,22)6-8-25-16(5-7-24-25)14-4-2-1-3-13(14)12-28-18-10-23-9-17(27)15(18)11-26/h5,7,9-11,13-14,27H,1-4,6,8,12H2. The van der Waals surface area contributed by atoms with Gasteiger partial charge in [-0.15, -0.1) is 0 Å². The first kappa shape index (κ1) is 20.2. The molecule has 2 unspecified atom stereocenters. The summed E-state index contributed by atoms with van der Waals surface area (Å²) >= 11 is 0. The summed E-state index contributed by atoms with van der Waals surface area (Å²) in [6, 6.07) is 1.77. The quantitative estimate of drug-likeness (QED) is 0.712. The van der Waals surface area contributed by atoms with Crippen molar-refractivity contribution in [2.75, 3.05) is 6.61 Å². The lowest BCUT2D eigenvalue weighted by atomic mass is 9.78. The first-order chi connectivity index (χ1) is 13.4. The Kier molecular flexibility index (Phi) is 6.21. The molecule has 152 valence electrons. The van der Waals surface area contributed by atoms with Crippen molar-refractivity contribution >= 4 is 6.29 Å². The number of ether oxygens (including phenoxy) is 1. The van der Waals surface area contributed by atoms with Gasteiger partial charge in [0.25, 0.3) is 0 Å². The number of halogens is 3. The minimum absolute atomic E-state index is 0.0226. The minimum Gasteiger partial charge on any atom is -0.505 e. The second-order valence-corrected chi connectivity index (χ2v) is 6.99. The summed E-state index contributed by atoms with van der Waals surface area (Å²) < 4.78 is 45.0. The molecule has 0 radical (unpaired) electrons. The Balaban J connectivity index is 1.73. The van der Waals surface area contributed by atoms with E-state index in [9.17, 15) is 23.1 Å². The lowest BCUT2D eigenvalue weighted by Crippen LogP contribution is -2.26. The van der Waals surface area contributed by atoms with E-state index < -0.39 is 12.6 Å². The lowest BCUT2D eigenvalue weighted by Gasteiger charge is -2.32. The van der Waals surface area contributed by atoms with Gasteiger partial charge in [0.2, 0.25) is 0 Å². The molecule has 6 nitrogen and oxygen atoms in total. The number of aromatic hydroxyl groups is 1. The minimum atomic E-state index is -4.23. The first-order valence-corrected chi connectivity index (χ1v) is 9.22. The number of carbonyl (C=O) groups is 1. The van der Waals surface area contributed by atoms with E-state index in [-0.39, 0.29) is 42.0 Å². The molecule has 0 spiro atoms. The Morgan fingerprint density at radius 1 is 1.29 bits per heavy atom. The predicted octanol–water partition coefficient (Wildman–Crippen LogP) is 4.10. The molecule has 2 aromatic heterocycles. The van der Waals surface area contributed by atoms with Crippen LogP contribution in [0.2, 0.25) is 0 Å². The third-order valence-corrected chi connectivity index (χ3v) is 5.15. The van der Waals surface area contributed by atoms with Crippen LogP contribution in [0.1, 0.15) is 54.1 Å². The summed E-state index contributed by atoms with van der Waals surface area (Å²) in [5, 5.41) is 13.8. The number of nitrogens with zero attached hydrogens (tertiary/aromatic N) is 3. The van der Waals surface area contributed by atoms with Crippen molar-refractivity contribution in [2.24, 2.45) is 5.92 Å². The Morgan fingerprint density at radius 3 is 2.82 bits per heavy atom. The zero-order valence-electron chi connectivity index (χ0n) is 15.2. The molecule has 1 aliphatic rings. The van der Waals surface area contributed by atoms with Crippen molar-refractivity contribution in [3.8, 4) is 11.5 Å². The molecule has 0 amide bonds. The van der Waals surface area contributed by atoms with E-state index in [1.165, 1.54) is 23.3 Å².